The van der Waals surface area contributed by atoms with Gasteiger partial charge in [-0.3, -0.25) is 9.59 Å². The molecule has 1 saturated carbocycles. The van der Waals surface area contributed by atoms with Gasteiger partial charge in [0.2, 0.25) is 11.8 Å². The fraction of sp³-hybridized carbons (Fsp3) is 0.619. The van der Waals surface area contributed by atoms with Gasteiger partial charge in [0.25, 0.3) is 0 Å². The van der Waals surface area contributed by atoms with Crippen LogP contribution < -0.4 is 10.1 Å². The average Bonchev–Trinajstić information content (AvgIpc) is 2.84. The van der Waals surface area contributed by atoms with Crippen molar-refractivity contribution in [2.45, 2.75) is 70.4 Å². The topological polar surface area (TPSA) is 58.6 Å². The van der Waals surface area contributed by atoms with E-state index in [1.807, 2.05) is 31.2 Å². The van der Waals surface area contributed by atoms with Gasteiger partial charge < -0.3 is 15.0 Å². The predicted molar refractivity (Wildman–Crippen MR) is 101 cm³/mol. The zero-order valence-electron chi connectivity index (χ0n) is 15.7. The van der Waals surface area contributed by atoms with Gasteiger partial charge in [0, 0.05) is 18.9 Å². The number of hydrogen-bond donors (Lipinski definition) is 1. The van der Waals surface area contributed by atoms with E-state index in [9.17, 15) is 9.59 Å². The Hall–Kier alpha value is -2.04. The van der Waals surface area contributed by atoms with Crippen molar-refractivity contribution in [1.82, 2.24) is 10.2 Å². The highest BCUT2D eigenvalue weighted by Crippen LogP contribution is 2.20. The lowest BCUT2D eigenvalue weighted by Gasteiger charge is -2.39. The molecule has 142 valence electrons. The van der Waals surface area contributed by atoms with Gasteiger partial charge in [-0.1, -0.05) is 37.8 Å². The van der Waals surface area contributed by atoms with Crippen LogP contribution in [-0.2, 0) is 9.59 Å². The number of carbonyl (C=O) groups is 2. The summed E-state index contributed by atoms with van der Waals surface area (Å²) in [5.41, 5.74) is 1.16. The van der Waals surface area contributed by atoms with E-state index < -0.39 is 0 Å². The van der Waals surface area contributed by atoms with E-state index in [0.717, 1.165) is 24.2 Å². The number of aryl methyl sites for hydroxylation is 1. The van der Waals surface area contributed by atoms with Crippen LogP contribution in [0.4, 0.5) is 0 Å². The zero-order chi connectivity index (χ0) is 18.4. The van der Waals surface area contributed by atoms with Crippen LogP contribution in [0.15, 0.2) is 24.3 Å². The number of amides is 2. The van der Waals surface area contributed by atoms with Crippen LogP contribution in [0.25, 0.3) is 0 Å². The highest BCUT2D eigenvalue weighted by Gasteiger charge is 2.32. The molecule has 1 heterocycles. The fourth-order valence-electron chi connectivity index (χ4n) is 3.70. The minimum atomic E-state index is 0.0123. The van der Waals surface area contributed by atoms with Crippen molar-refractivity contribution in [3.8, 4) is 5.75 Å². The Morgan fingerprint density at radius 2 is 1.85 bits per heavy atom. The molecule has 0 aromatic heterocycles. The van der Waals surface area contributed by atoms with Gasteiger partial charge >= 0.3 is 0 Å². The third kappa shape index (κ3) is 5.48. The standard InChI is InChI=1S/C21H30N2O3/c1-16-7-6-10-18(13-16)26-19-14-23(15-19)21(25)12-11-20(24)22-17-8-4-2-3-5-9-17/h6-7,10,13,17,19H,2-5,8-9,11-12,14-15H2,1H3,(H,22,24). The van der Waals surface area contributed by atoms with Crippen molar-refractivity contribution in [1.29, 1.82) is 0 Å². The maximum Gasteiger partial charge on any atom is 0.223 e. The monoisotopic (exact) mass is 358 g/mol. The molecular weight excluding hydrogens is 328 g/mol. The number of nitrogens with zero attached hydrogens (tertiary/aromatic N) is 1. The molecule has 5 heteroatoms. The number of nitrogens with one attached hydrogen (secondary N) is 1. The lowest BCUT2D eigenvalue weighted by molar-refractivity contribution is -0.141. The van der Waals surface area contributed by atoms with E-state index in [4.69, 9.17) is 4.74 Å². The van der Waals surface area contributed by atoms with E-state index in [1.54, 1.807) is 4.90 Å². The Bertz CT molecular complexity index is 617. The van der Waals surface area contributed by atoms with E-state index in [-0.39, 0.29) is 30.8 Å². The molecule has 3 rings (SSSR count). The maximum absolute atomic E-state index is 12.2. The van der Waals surface area contributed by atoms with E-state index in [1.165, 1.54) is 25.7 Å². The van der Waals surface area contributed by atoms with Crippen LogP contribution >= 0.6 is 0 Å². The summed E-state index contributed by atoms with van der Waals surface area (Å²) in [5, 5.41) is 3.10. The molecular formula is C21H30N2O3. The van der Waals surface area contributed by atoms with Crippen molar-refractivity contribution in [3.05, 3.63) is 29.8 Å². The van der Waals surface area contributed by atoms with Gasteiger partial charge in [0.1, 0.15) is 11.9 Å². The first-order valence-corrected chi connectivity index (χ1v) is 9.90. The Morgan fingerprint density at radius 3 is 2.54 bits per heavy atom. The highest BCUT2D eigenvalue weighted by atomic mass is 16.5. The third-order valence-electron chi connectivity index (χ3n) is 5.28. The van der Waals surface area contributed by atoms with Crippen LogP contribution in [0.5, 0.6) is 5.75 Å². The summed E-state index contributed by atoms with van der Waals surface area (Å²) in [6, 6.07) is 8.25. The van der Waals surface area contributed by atoms with Crippen LogP contribution in [-0.4, -0.2) is 41.9 Å². The molecule has 2 amide bonds. The highest BCUT2D eigenvalue weighted by molar-refractivity contribution is 5.84. The van der Waals surface area contributed by atoms with Crippen LogP contribution in [0.3, 0.4) is 0 Å². The van der Waals surface area contributed by atoms with Gasteiger partial charge in [0.15, 0.2) is 0 Å². The number of hydrogen-bond acceptors (Lipinski definition) is 3. The predicted octanol–water partition coefficient (Wildman–Crippen LogP) is 3.20. The SMILES string of the molecule is Cc1cccc(OC2CN(C(=O)CCC(=O)NC3CCCCCC3)C2)c1. The Balaban J connectivity index is 1.32. The first kappa shape index (κ1) is 18.7. The lowest BCUT2D eigenvalue weighted by Crippen LogP contribution is -2.56. The number of likely N-dealkylation sites (tertiary alicyclic amines) is 1. The van der Waals surface area contributed by atoms with Gasteiger partial charge in [-0.25, -0.2) is 0 Å². The van der Waals surface area contributed by atoms with Crippen molar-refractivity contribution in [2.24, 2.45) is 0 Å². The first-order chi connectivity index (χ1) is 12.6. The summed E-state index contributed by atoms with van der Waals surface area (Å²) in [6.07, 6.45) is 7.70. The number of benzene rings is 1. The van der Waals surface area contributed by atoms with E-state index in [0.29, 0.717) is 19.1 Å². The van der Waals surface area contributed by atoms with Crippen molar-refractivity contribution < 1.29 is 14.3 Å². The number of ether oxygens (including phenoxy) is 1. The molecule has 0 spiro atoms. The molecule has 1 aromatic carbocycles. The van der Waals surface area contributed by atoms with Crippen LogP contribution in [0, 0.1) is 6.92 Å². The van der Waals surface area contributed by atoms with E-state index >= 15 is 0 Å². The minimum absolute atomic E-state index is 0.0123. The summed E-state index contributed by atoms with van der Waals surface area (Å²) in [5.74, 6) is 0.910. The lowest BCUT2D eigenvalue weighted by atomic mass is 10.1. The summed E-state index contributed by atoms with van der Waals surface area (Å²) in [6.45, 7) is 3.25. The van der Waals surface area contributed by atoms with Gasteiger partial charge in [-0.15, -0.1) is 0 Å². The van der Waals surface area contributed by atoms with E-state index in [2.05, 4.69) is 5.32 Å². The molecule has 1 aromatic rings. The molecule has 1 aliphatic carbocycles. The van der Waals surface area contributed by atoms with Gasteiger partial charge in [-0.2, -0.15) is 0 Å². The molecule has 1 N–H and O–H groups in total. The van der Waals surface area contributed by atoms with Gasteiger partial charge in [-0.05, 0) is 37.5 Å². The fourth-order valence-corrected chi connectivity index (χ4v) is 3.70. The molecule has 0 unspecified atom stereocenters. The Labute approximate surface area is 156 Å². The quantitative estimate of drug-likeness (QED) is 0.795. The summed E-state index contributed by atoms with van der Waals surface area (Å²) >= 11 is 0. The molecule has 2 fully saturated rings. The molecule has 1 saturated heterocycles. The average molecular weight is 358 g/mol. The van der Waals surface area contributed by atoms with Crippen molar-refractivity contribution >= 4 is 11.8 Å². The largest absolute Gasteiger partial charge is 0.487 e. The van der Waals surface area contributed by atoms with Crippen LogP contribution in [0.1, 0.15) is 56.9 Å². The normalized spacial score (nSPS) is 18.7. The molecule has 1 aliphatic heterocycles. The summed E-state index contributed by atoms with van der Waals surface area (Å²) in [7, 11) is 0. The maximum atomic E-state index is 12.2. The zero-order valence-corrected chi connectivity index (χ0v) is 15.7. The Morgan fingerprint density at radius 1 is 1.12 bits per heavy atom. The first-order valence-electron chi connectivity index (χ1n) is 9.90. The number of rotatable bonds is 6. The molecule has 5 nitrogen and oxygen atoms in total. The van der Waals surface area contributed by atoms with Crippen molar-refractivity contribution in [2.75, 3.05) is 13.1 Å². The smallest absolute Gasteiger partial charge is 0.223 e. The molecule has 26 heavy (non-hydrogen) atoms. The minimum Gasteiger partial charge on any atom is -0.487 e. The molecule has 2 aliphatic rings. The third-order valence-corrected chi connectivity index (χ3v) is 5.28. The number of carbonyl (C=O) groups excluding carboxylic acids is 2. The molecule has 0 radical (unpaired) electrons. The molecule has 0 bridgehead atoms. The van der Waals surface area contributed by atoms with Gasteiger partial charge in [0.05, 0.1) is 13.1 Å². The van der Waals surface area contributed by atoms with Crippen molar-refractivity contribution in [3.63, 3.8) is 0 Å². The summed E-state index contributed by atoms with van der Waals surface area (Å²) in [4.78, 5) is 26.1. The molecule has 0 atom stereocenters. The second-order valence-corrected chi connectivity index (χ2v) is 7.61. The Kier molecular flexibility index (Phi) is 6.53. The second kappa shape index (κ2) is 9.06. The summed E-state index contributed by atoms with van der Waals surface area (Å²) < 4.78 is 5.88. The van der Waals surface area contributed by atoms with Crippen LogP contribution in [0.2, 0.25) is 0 Å². The second-order valence-electron chi connectivity index (χ2n) is 7.61.